The number of hydrogen-bond donors (Lipinski definition) is 1. The van der Waals surface area contributed by atoms with Gasteiger partial charge in [0.25, 0.3) is 5.91 Å². The number of ether oxygens (including phenoxy) is 1. The van der Waals surface area contributed by atoms with Gasteiger partial charge in [0.2, 0.25) is 11.9 Å². The molecule has 37 heavy (non-hydrogen) atoms. The van der Waals surface area contributed by atoms with Crippen LogP contribution >= 0.6 is 0 Å². The molecule has 0 radical (unpaired) electrons. The molecule has 2 aliphatic rings. The number of piperazine rings is 1. The molecule has 10 nitrogen and oxygen atoms in total. The van der Waals surface area contributed by atoms with Crippen LogP contribution in [0.15, 0.2) is 30.6 Å². The molecule has 2 atom stereocenters. The highest BCUT2D eigenvalue weighted by molar-refractivity contribution is 5.93. The molecule has 2 aromatic rings. The zero-order valence-corrected chi connectivity index (χ0v) is 21.7. The van der Waals surface area contributed by atoms with E-state index >= 15 is 4.39 Å². The van der Waals surface area contributed by atoms with Crippen molar-refractivity contribution in [1.29, 1.82) is 0 Å². The van der Waals surface area contributed by atoms with Crippen LogP contribution in [0.3, 0.4) is 0 Å². The zero-order valence-electron chi connectivity index (χ0n) is 21.7. The summed E-state index contributed by atoms with van der Waals surface area (Å²) in [5.41, 5.74) is 6.47. The maximum absolute atomic E-state index is 15.3. The van der Waals surface area contributed by atoms with Crippen molar-refractivity contribution in [2.75, 3.05) is 44.2 Å². The smallest absolute Gasteiger partial charge is 0.414 e. The number of rotatable bonds is 6. The standard InChI is InChI=1S/C26H33FN6O4/c1-17(23(28)35)33(11-12-37-25(33)36)19-5-6-20(21(27)13-19)18-15-29-24(30-16-18)32-9-7-31(8-10-32)22(34)14-26(2,3)4/h5-6,13,15-17H,7-12,14H2,1-4H3,(H-,28,35)/p+1. The van der Waals surface area contributed by atoms with E-state index in [2.05, 4.69) is 9.97 Å². The molecule has 4 rings (SSSR count). The molecule has 2 N–H and O–H groups in total. The third-order valence-electron chi connectivity index (χ3n) is 7.03. The number of benzene rings is 1. The maximum atomic E-state index is 15.3. The third-order valence-corrected chi connectivity index (χ3v) is 7.03. The Morgan fingerprint density at radius 1 is 1.16 bits per heavy atom. The van der Waals surface area contributed by atoms with E-state index in [4.69, 9.17) is 10.5 Å². The van der Waals surface area contributed by atoms with E-state index in [1.165, 1.54) is 13.0 Å². The predicted octanol–water partition coefficient (Wildman–Crippen LogP) is 2.70. The molecular weight excluding hydrogens is 479 g/mol. The second-order valence-corrected chi connectivity index (χ2v) is 10.8. The van der Waals surface area contributed by atoms with E-state index < -0.39 is 28.3 Å². The minimum Gasteiger partial charge on any atom is -0.414 e. The van der Waals surface area contributed by atoms with Gasteiger partial charge in [0.05, 0.1) is 0 Å². The number of carbonyl (C=O) groups excluding carboxylic acids is 3. The number of cyclic esters (lactones) is 1. The molecule has 0 bridgehead atoms. The topological polar surface area (TPSA) is 119 Å². The number of amides is 3. The number of aromatic nitrogens is 2. The van der Waals surface area contributed by atoms with Gasteiger partial charge in [0, 0.05) is 68.3 Å². The van der Waals surface area contributed by atoms with Crippen molar-refractivity contribution in [3.63, 3.8) is 0 Å². The largest absolute Gasteiger partial charge is 0.522 e. The van der Waals surface area contributed by atoms with Crippen molar-refractivity contribution < 1.29 is 23.5 Å². The number of halogens is 1. The zero-order chi connectivity index (χ0) is 27.0. The molecule has 2 aliphatic heterocycles. The average Bonchev–Trinajstić information content (AvgIpc) is 3.24. The maximum Gasteiger partial charge on any atom is 0.522 e. The molecule has 3 heterocycles. The molecular formula is C26H34FN6O4+. The van der Waals surface area contributed by atoms with Crippen LogP contribution in [0, 0.1) is 11.2 Å². The van der Waals surface area contributed by atoms with Gasteiger partial charge in [0.15, 0.2) is 6.04 Å². The molecule has 11 heteroatoms. The van der Waals surface area contributed by atoms with Crippen molar-refractivity contribution in [2.24, 2.45) is 11.1 Å². The van der Waals surface area contributed by atoms with Crippen LogP contribution in [0.1, 0.15) is 34.1 Å². The first-order valence-corrected chi connectivity index (χ1v) is 12.4. The summed E-state index contributed by atoms with van der Waals surface area (Å²) in [6.07, 6.45) is 2.98. The van der Waals surface area contributed by atoms with Crippen LogP contribution < -0.4 is 15.1 Å². The van der Waals surface area contributed by atoms with Gasteiger partial charge >= 0.3 is 6.09 Å². The number of primary amides is 1. The summed E-state index contributed by atoms with van der Waals surface area (Å²) in [6, 6.07) is 3.48. The number of carbonyl (C=O) groups is 3. The highest BCUT2D eigenvalue weighted by Crippen LogP contribution is 2.35. The summed E-state index contributed by atoms with van der Waals surface area (Å²) in [7, 11) is 0. The van der Waals surface area contributed by atoms with Crippen LogP contribution in [0.5, 0.6) is 0 Å². The Kier molecular flexibility index (Phi) is 7.18. The molecule has 1 aromatic heterocycles. The number of anilines is 1. The van der Waals surface area contributed by atoms with E-state index in [0.717, 1.165) is 0 Å². The van der Waals surface area contributed by atoms with Gasteiger partial charge in [-0.3, -0.25) is 9.59 Å². The van der Waals surface area contributed by atoms with Gasteiger partial charge in [0.1, 0.15) is 24.7 Å². The molecule has 0 spiro atoms. The first kappa shape index (κ1) is 26.5. The number of hydrogen-bond acceptors (Lipinski definition) is 7. The molecule has 2 unspecified atom stereocenters. The fourth-order valence-electron chi connectivity index (χ4n) is 4.84. The van der Waals surface area contributed by atoms with Crippen molar-refractivity contribution in [2.45, 2.75) is 40.2 Å². The summed E-state index contributed by atoms with van der Waals surface area (Å²) >= 11 is 0. The fourth-order valence-corrected chi connectivity index (χ4v) is 4.84. The molecule has 3 amide bonds. The Hall–Kier alpha value is -3.60. The van der Waals surface area contributed by atoms with E-state index in [1.54, 1.807) is 24.5 Å². The molecule has 2 saturated heterocycles. The second kappa shape index (κ2) is 10.0. The highest BCUT2D eigenvalue weighted by atomic mass is 19.1. The number of quaternary nitrogens is 1. The quantitative estimate of drug-likeness (QED) is 0.590. The van der Waals surface area contributed by atoms with Gasteiger partial charge in [-0.05, 0) is 18.4 Å². The summed E-state index contributed by atoms with van der Waals surface area (Å²) < 4.78 is 19.9. The summed E-state index contributed by atoms with van der Waals surface area (Å²) in [5.74, 6) is -0.581. The van der Waals surface area contributed by atoms with Crippen LogP contribution in [-0.4, -0.2) is 78.1 Å². The average molecular weight is 514 g/mol. The van der Waals surface area contributed by atoms with E-state index in [0.29, 0.717) is 49.8 Å². The van der Waals surface area contributed by atoms with Crippen LogP contribution in [-0.2, 0) is 14.3 Å². The lowest BCUT2D eigenvalue weighted by Crippen LogP contribution is -2.61. The minimum absolute atomic E-state index is 0.0548. The Balaban J connectivity index is 1.48. The van der Waals surface area contributed by atoms with E-state index in [-0.39, 0.29) is 30.0 Å². The van der Waals surface area contributed by atoms with Gasteiger partial charge in [-0.25, -0.2) is 14.4 Å². The van der Waals surface area contributed by atoms with E-state index in [9.17, 15) is 14.4 Å². The van der Waals surface area contributed by atoms with E-state index in [1.807, 2.05) is 30.6 Å². The lowest BCUT2D eigenvalue weighted by Gasteiger charge is -2.36. The Morgan fingerprint density at radius 3 is 2.32 bits per heavy atom. The minimum atomic E-state index is -0.910. The third kappa shape index (κ3) is 5.27. The Morgan fingerprint density at radius 2 is 1.81 bits per heavy atom. The first-order valence-electron chi connectivity index (χ1n) is 12.4. The summed E-state index contributed by atoms with van der Waals surface area (Å²) in [4.78, 5) is 49.7. The van der Waals surface area contributed by atoms with Gasteiger partial charge in [-0.15, -0.1) is 0 Å². The second-order valence-electron chi connectivity index (χ2n) is 10.8. The molecule has 198 valence electrons. The van der Waals surface area contributed by atoms with Crippen molar-refractivity contribution in [1.82, 2.24) is 19.4 Å². The van der Waals surface area contributed by atoms with Crippen LogP contribution in [0.25, 0.3) is 11.1 Å². The fraction of sp³-hybridized carbons (Fsp3) is 0.500. The SMILES string of the molecule is CC(C(N)=O)[N+]1(c2ccc(-c3cnc(N4CCN(C(=O)CC(C)(C)C)CC4)nc3)c(F)c2)CCOC1=O. The monoisotopic (exact) mass is 513 g/mol. The molecule has 0 aliphatic carbocycles. The lowest BCUT2D eigenvalue weighted by molar-refractivity contribution is -0.133. The number of nitrogens with zero attached hydrogens (tertiary/aromatic N) is 5. The molecule has 1 aromatic carbocycles. The summed E-state index contributed by atoms with van der Waals surface area (Å²) in [6.45, 7) is 10.4. The Bertz CT molecular complexity index is 1190. The summed E-state index contributed by atoms with van der Waals surface area (Å²) in [5, 5.41) is 0. The number of nitrogens with two attached hydrogens (primary N) is 1. The van der Waals surface area contributed by atoms with Gasteiger partial charge in [-0.2, -0.15) is 9.28 Å². The van der Waals surface area contributed by atoms with Crippen LogP contribution in [0.4, 0.5) is 20.8 Å². The van der Waals surface area contributed by atoms with Crippen molar-refractivity contribution in [3.8, 4) is 11.1 Å². The molecule has 2 fully saturated rings. The van der Waals surface area contributed by atoms with Gasteiger partial charge in [-0.1, -0.05) is 20.8 Å². The molecule has 0 saturated carbocycles. The normalized spacial score (nSPS) is 21.1. The van der Waals surface area contributed by atoms with Crippen molar-refractivity contribution in [3.05, 3.63) is 36.4 Å². The predicted molar refractivity (Wildman–Crippen MR) is 137 cm³/mol. The van der Waals surface area contributed by atoms with Crippen molar-refractivity contribution >= 4 is 29.5 Å². The van der Waals surface area contributed by atoms with Gasteiger partial charge < -0.3 is 20.3 Å². The van der Waals surface area contributed by atoms with Crippen LogP contribution in [0.2, 0.25) is 0 Å². The lowest BCUT2D eigenvalue weighted by atomic mass is 9.91. The highest BCUT2D eigenvalue weighted by Gasteiger charge is 2.53. The first-order chi connectivity index (χ1) is 17.4. The Labute approximate surface area is 215 Å².